The Labute approximate surface area is 141 Å². The number of aromatic nitrogens is 1. The Balaban J connectivity index is 2.14. The minimum atomic E-state index is -3.35. The maximum Gasteiger partial charge on any atom is 0.339 e. The van der Waals surface area contributed by atoms with Crippen molar-refractivity contribution < 1.29 is 17.9 Å². The first-order valence-corrected chi connectivity index (χ1v) is 9.01. The minimum Gasteiger partial charge on any atom is -0.465 e. The molecular weight excluding hydrogens is 330 g/mol. The third kappa shape index (κ3) is 4.69. The summed E-state index contributed by atoms with van der Waals surface area (Å²) >= 11 is 0. The smallest absolute Gasteiger partial charge is 0.339 e. The molecule has 24 heavy (non-hydrogen) atoms. The van der Waals surface area contributed by atoms with E-state index in [2.05, 4.69) is 15.0 Å². The maximum absolute atomic E-state index is 11.7. The number of para-hydroxylation sites is 1. The lowest BCUT2D eigenvalue weighted by Crippen LogP contribution is -2.16. The molecule has 0 bridgehead atoms. The quantitative estimate of drug-likeness (QED) is 0.746. The molecule has 0 unspecified atom stereocenters. The molecular formula is C16H19N3O4S. The molecule has 2 rings (SSSR count). The molecule has 0 atom stereocenters. The largest absolute Gasteiger partial charge is 0.465 e. The number of esters is 1. The van der Waals surface area contributed by atoms with Crippen LogP contribution < -0.4 is 10.0 Å². The number of sulfonamides is 1. The molecule has 8 heteroatoms. The van der Waals surface area contributed by atoms with Gasteiger partial charge in [-0.25, -0.2) is 18.2 Å². The zero-order valence-electron chi connectivity index (χ0n) is 13.4. The number of anilines is 3. The van der Waals surface area contributed by atoms with Gasteiger partial charge in [0.25, 0.3) is 0 Å². The molecule has 0 aliphatic rings. The van der Waals surface area contributed by atoms with Gasteiger partial charge in [-0.2, -0.15) is 0 Å². The van der Waals surface area contributed by atoms with Crippen LogP contribution in [0.5, 0.6) is 0 Å². The fourth-order valence-corrected chi connectivity index (χ4v) is 3.16. The van der Waals surface area contributed by atoms with Crippen molar-refractivity contribution in [3.63, 3.8) is 0 Å². The van der Waals surface area contributed by atoms with Crippen LogP contribution in [0.1, 0.15) is 23.7 Å². The van der Waals surface area contributed by atoms with Crippen molar-refractivity contribution in [2.45, 2.75) is 13.3 Å². The van der Waals surface area contributed by atoms with Crippen molar-refractivity contribution in [1.82, 2.24) is 4.98 Å². The number of benzene rings is 1. The Morgan fingerprint density at radius 2 is 1.96 bits per heavy atom. The van der Waals surface area contributed by atoms with Gasteiger partial charge in [0.2, 0.25) is 10.0 Å². The van der Waals surface area contributed by atoms with Crippen LogP contribution in [0.2, 0.25) is 0 Å². The van der Waals surface area contributed by atoms with Crippen molar-refractivity contribution in [3.05, 3.63) is 48.2 Å². The van der Waals surface area contributed by atoms with Gasteiger partial charge in [0.1, 0.15) is 5.82 Å². The van der Waals surface area contributed by atoms with Crippen molar-refractivity contribution in [2.24, 2.45) is 0 Å². The SMILES string of the molecule is CCCS(=O)(=O)Nc1ccc(Nc2ccccc2C(=O)OC)nc1. The van der Waals surface area contributed by atoms with E-state index in [1.807, 2.05) is 0 Å². The topological polar surface area (TPSA) is 97.4 Å². The summed E-state index contributed by atoms with van der Waals surface area (Å²) in [5.74, 6) is 0.0753. The van der Waals surface area contributed by atoms with Crippen LogP contribution in [0.15, 0.2) is 42.6 Å². The second kappa shape index (κ2) is 7.78. The lowest BCUT2D eigenvalue weighted by Gasteiger charge is -2.11. The summed E-state index contributed by atoms with van der Waals surface area (Å²) < 4.78 is 30.6. The lowest BCUT2D eigenvalue weighted by atomic mass is 10.2. The first-order chi connectivity index (χ1) is 11.4. The number of hydrogen-bond donors (Lipinski definition) is 2. The number of nitrogens with one attached hydrogen (secondary N) is 2. The molecule has 0 fully saturated rings. The highest BCUT2D eigenvalue weighted by Crippen LogP contribution is 2.21. The molecule has 0 aliphatic carbocycles. The van der Waals surface area contributed by atoms with E-state index in [0.717, 1.165) is 0 Å². The van der Waals surface area contributed by atoms with E-state index < -0.39 is 16.0 Å². The third-order valence-electron chi connectivity index (χ3n) is 3.10. The molecule has 2 aromatic rings. The zero-order chi connectivity index (χ0) is 17.6. The van der Waals surface area contributed by atoms with Gasteiger partial charge in [-0.05, 0) is 30.7 Å². The fraction of sp³-hybridized carbons (Fsp3) is 0.250. The van der Waals surface area contributed by atoms with Crippen molar-refractivity contribution in [2.75, 3.05) is 22.9 Å². The highest BCUT2D eigenvalue weighted by Gasteiger charge is 2.12. The molecule has 1 aromatic carbocycles. The Hall–Kier alpha value is -2.61. The number of hydrogen-bond acceptors (Lipinski definition) is 6. The standard InChI is InChI=1S/C16H19N3O4S/c1-3-10-24(21,22)19-12-8-9-15(17-11-12)18-14-7-5-4-6-13(14)16(20)23-2/h4-9,11,19H,3,10H2,1-2H3,(H,17,18). The average Bonchev–Trinajstić information content (AvgIpc) is 2.56. The van der Waals surface area contributed by atoms with Crippen molar-refractivity contribution in [3.8, 4) is 0 Å². The van der Waals surface area contributed by atoms with E-state index in [1.54, 1.807) is 43.3 Å². The monoisotopic (exact) mass is 349 g/mol. The molecule has 128 valence electrons. The van der Waals surface area contributed by atoms with E-state index >= 15 is 0 Å². The van der Waals surface area contributed by atoms with Crippen LogP contribution in [0.25, 0.3) is 0 Å². The fourth-order valence-electron chi connectivity index (χ4n) is 2.05. The summed E-state index contributed by atoms with van der Waals surface area (Å²) in [7, 11) is -2.04. The van der Waals surface area contributed by atoms with Gasteiger partial charge >= 0.3 is 5.97 Å². The number of carbonyl (C=O) groups is 1. The summed E-state index contributed by atoms with van der Waals surface area (Å²) in [6.45, 7) is 1.79. The molecule has 7 nitrogen and oxygen atoms in total. The number of rotatable bonds is 7. The summed E-state index contributed by atoms with van der Waals surface area (Å²) in [5, 5.41) is 3.01. The van der Waals surface area contributed by atoms with E-state index in [1.165, 1.54) is 13.3 Å². The van der Waals surface area contributed by atoms with Gasteiger partial charge in [-0.1, -0.05) is 19.1 Å². The van der Waals surface area contributed by atoms with Crippen LogP contribution in [0, 0.1) is 0 Å². The second-order valence-corrected chi connectivity index (χ2v) is 6.86. The van der Waals surface area contributed by atoms with Crippen molar-refractivity contribution in [1.29, 1.82) is 0 Å². The first-order valence-electron chi connectivity index (χ1n) is 7.36. The Kier molecular flexibility index (Phi) is 5.75. The van der Waals surface area contributed by atoms with Crippen LogP contribution in [0.3, 0.4) is 0 Å². The van der Waals surface area contributed by atoms with Crippen LogP contribution in [0.4, 0.5) is 17.2 Å². The number of nitrogens with zero attached hydrogens (tertiary/aromatic N) is 1. The van der Waals surface area contributed by atoms with Gasteiger partial charge in [-0.3, -0.25) is 4.72 Å². The zero-order valence-corrected chi connectivity index (χ0v) is 14.3. The molecule has 1 aromatic heterocycles. The summed E-state index contributed by atoms with van der Waals surface area (Å²) in [5.41, 5.74) is 1.32. The number of pyridine rings is 1. The molecule has 0 aliphatic heterocycles. The molecule has 0 radical (unpaired) electrons. The normalized spacial score (nSPS) is 10.9. The van der Waals surface area contributed by atoms with E-state index in [-0.39, 0.29) is 5.75 Å². The van der Waals surface area contributed by atoms with E-state index in [9.17, 15) is 13.2 Å². The Bertz CT molecular complexity index is 804. The highest BCUT2D eigenvalue weighted by molar-refractivity contribution is 7.92. The van der Waals surface area contributed by atoms with Crippen molar-refractivity contribution >= 4 is 33.2 Å². The Morgan fingerprint density at radius 3 is 2.58 bits per heavy atom. The summed E-state index contributed by atoms with van der Waals surface area (Å²) in [6, 6.07) is 10.1. The average molecular weight is 349 g/mol. The number of carbonyl (C=O) groups excluding carboxylic acids is 1. The predicted molar refractivity (Wildman–Crippen MR) is 93.0 cm³/mol. The first kappa shape index (κ1) is 17.7. The summed E-state index contributed by atoms with van der Waals surface area (Å²) in [6.07, 6.45) is 1.95. The Morgan fingerprint density at radius 1 is 1.21 bits per heavy atom. The lowest BCUT2D eigenvalue weighted by molar-refractivity contribution is 0.0602. The van der Waals surface area contributed by atoms with Gasteiger partial charge in [0.15, 0.2) is 0 Å². The highest BCUT2D eigenvalue weighted by atomic mass is 32.2. The maximum atomic E-state index is 11.7. The number of ether oxygens (including phenoxy) is 1. The second-order valence-electron chi connectivity index (χ2n) is 5.02. The number of methoxy groups -OCH3 is 1. The van der Waals surface area contributed by atoms with Gasteiger partial charge in [0.05, 0.1) is 36.0 Å². The van der Waals surface area contributed by atoms with Gasteiger partial charge in [0, 0.05) is 0 Å². The minimum absolute atomic E-state index is 0.0551. The summed E-state index contributed by atoms with van der Waals surface area (Å²) in [4.78, 5) is 15.9. The molecule has 0 saturated carbocycles. The van der Waals surface area contributed by atoms with E-state index in [0.29, 0.717) is 29.2 Å². The van der Waals surface area contributed by atoms with Gasteiger partial charge in [-0.15, -0.1) is 0 Å². The van der Waals surface area contributed by atoms with Crippen LogP contribution >= 0.6 is 0 Å². The van der Waals surface area contributed by atoms with Crippen LogP contribution in [-0.4, -0.2) is 32.2 Å². The third-order valence-corrected chi connectivity index (χ3v) is 4.60. The van der Waals surface area contributed by atoms with E-state index in [4.69, 9.17) is 4.74 Å². The molecule has 0 spiro atoms. The molecule has 2 N–H and O–H groups in total. The van der Waals surface area contributed by atoms with Crippen LogP contribution in [-0.2, 0) is 14.8 Å². The van der Waals surface area contributed by atoms with Gasteiger partial charge < -0.3 is 10.1 Å². The molecule has 0 amide bonds. The molecule has 0 saturated heterocycles. The molecule has 1 heterocycles. The predicted octanol–water partition coefficient (Wildman–Crippen LogP) is 2.76.